The fourth-order valence-electron chi connectivity index (χ4n) is 3.98. The van der Waals surface area contributed by atoms with E-state index in [4.69, 9.17) is 4.74 Å². The van der Waals surface area contributed by atoms with E-state index in [1.165, 1.54) is 0 Å². The summed E-state index contributed by atoms with van der Waals surface area (Å²) in [6.07, 6.45) is 2.33. The molecule has 0 radical (unpaired) electrons. The highest BCUT2D eigenvalue weighted by Gasteiger charge is 2.57. The SMILES string of the molecule is C=CC[C@]1(C)C(=O)O[C@@](C)(Cc2ccccc2)C(=O)N1[C@@H](C)c1ccccc1. The lowest BCUT2D eigenvalue weighted by Gasteiger charge is -2.51. The van der Waals surface area contributed by atoms with Crippen molar-refractivity contribution < 1.29 is 14.3 Å². The molecule has 0 bridgehead atoms. The highest BCUT2D eigenvalue weighted by atomic mass is 16.6. The first-order valence-corrected chi connectivity index (χ1v) is 9.59. The summed E-state index contributed by atoms with van der Waals surface area (Å²) in [5.74, 6) is -0.579. The summed E-state index contributed by atoms with van der Waals surface area (Å²) in [5.41, 5.74) is -0.416. The average molecular weight is 377 g/mol. The van der Waals surface area contributed by atoms with Crippen LogP contribution in [0.5, 0.6) is 0 Å². The zero-order valence-electron chi connectivity index (χ0n) is 16.7. The predicted octanol–water partition coefficient (Wildman–Crippen LogP) is 4.47. The van der Waals surface area contributed by atoms with E-state index >= 15 is 0 Å². The van der Waals surface area contributed by atoms with Crippen molar-refractivity contribution in [1.29, 1.82) is 0 Å². The molecule has 2 aromatic carbocycles. The van der Waals surface area contributed by atoms with Crippen LogP contribution in [0.2, 0.25) is 0 Å². The minimum absolute atomic E-state index is 0.184. The first kappa shape index (κ1) is 19.9. The minimum Gasteiger partial charge on any atom is -0.447 e. The summed E-state index contributed by atoms with van der Waals surface area (Å²) in [6, 6.07) is 19.1. The van der Waals surface area contributed by atoms with Crippen molar-refractivity contribution in [2.24, 2.45) is 0 Å². The molecule has 0 aliphatic carbocycles. The molecule has 3 rings (SSSR count). The first-order chi connectivity index (χ1) is 13.3. The largest absolute Gasteiger partial charge is 0.447 e. The van der Waals surface area contributed by atoms with Crippen LogP contribution in [0.3, 0.4) is 0 Å². The fourth-order valence-corrected chi connectivity index (χ4v) is 3.98. The molecule has 2 aromatic rings. The van der Waals surface area contributed by atoms with Crippen LogP contribution in [0.15, 0.2) is 73.3 Å². The van der Waals surface area contributed by atoms with Crippen LogP contribution in [-0.4, -0.2) is 27.9 Å². The highest BCUT2D eigenvalue weighted by molar-refractivity contribution is 5.98. The third-order valence-corrected chi connectivity index (χ3v) is 5.56. The smallest absolute Gasteiger partial charge is 0.333 e. The van der Waals surface area contributed by atoms with E-state index in [1.807, 2.05) is 67.6 Å². The third-order valence-electron chi connectivity index (χ3n) is 5.56. The molecule has 0 saturated carbocycles. The van der Waals surface area contributed by atoms with Gasteiger partial charge >= 0.3 is 5.97 Å². The maximum absolute atomic E-state index is 13.7. The lowest BCUT2D eigenvalue weighted by atomic mass is 9.84. The van der Waals surface area contributed by atoms with Gasteiger partial charge in [-0.05, 0) is 38.3 Å². The molecule has 3 atom stereocenters. The summed E-state index contributed by atoms with van der Waals surface area (Å²) in [4.78, 5) is 28.5. The second-order valence-electron chi connectivity index (χ2n) is 7.81. The van der Waals surface area contributed by atoms with Gasteiger partial charge in [-0.25, -0.2) is 4.79 Å². The molecule has 0 aromatic heterocycles. The van der Waals surface area contributed by atoms with E-state index in [-0.39, 0.29) is 11.9 Å². The number of rotatable bonds is 6. The number of carbonyl (C=O) groups is 2. The summed E-state index contributed by atoms with van der Waals surface area (Å²) in [7, 11) is 0. The summed E-state index contributed by atoms with van der Waals surface area (Å²) in [5, 5.41) is 0. The molecular formula is C24H27NO3. The van der Waals surface area contributed by atoms with Crippen LogP contribution in [-0.2, 0) is 20.7 Å². The highest BCUT2D eigenvalue weighted by Crippen LogP contribution is 2.40. The second kappa shape index (κ2) is 7.63. The molecule has 28 heavy (non-hydrogen) atoms. The van der Waals surface area contributed by atoms with E-state index in [1.54, 1.807) is 24.8 Å². The molecule has 4 heteroatoms. The number of carbonyl (C=O) groups excluding carboxylic acids is 2. The summed E-state index contributed by atoms with van der Waals surface area (Å²) < 4.78 is 5.80. The molecule has 1 amide bonds. The standard InChI is InChI=1S/C24H27NO3/c1-5-16-23(3)22(27)28-24(4,17-19-12-8-6-9-13-19)21(26)25(23)18(2)20-14-10-7-11-15-20/h5-15,18H,1,16-17H2,2-4H3/t18-,23+,24-/m0/s1. The van der Waals surface area contributed by atoms with Crippen LogP contribution in [0.4, 0.5) is 0 Å². The predicted molar refractivity (Wildman–Crippen MR) is 110 cm³/mol. The van der Waals surface area contributed by atoms with Gasteiger partial charge in [0.1, 0.15) is 5.54 Å². The number of esters is 1. The maximum atomic E-state index is 13.7. The van der Waals surface area contributed by atoms with Crippen LogP contribution < -0.4 is 0 Å². The first-order valence-electron chi connectivity index (χ1n) is 9.59. The zero-order chi connectivity index (χ0) is 20.4. The van der Waals surface area contributed by atoms with Gasteiger partial charge in [0.15, 0.2) is 5.60 Å². The van der Waals surface area contributed by atoms with E-state index in [2.05, 4.69) is 6.58 Å². The number of nitrogens with zero attached hydrogens (tertiary/aromatic N) is 1. The topological polar surface area (TPSA) is 46.6 Å². The van der Waals surface area contributed by atoms with Gasteiger partial charge in [-0.3, -0.25) is 4.79 Å². The maximum Gasteiger partial charge on any atom is 0.333 e. The molecule has 0 spiro atoms. The normalized spacial score (nSPS) is 25.9. The molecule has 1 saturated heterocycles. The number of morpholine rings is 1. The van der Waals surface area contributed by atoms with Crippen molar-refractivity contribution in [3.63, 3.8) is 0 Å². The van der Waals surface area contributed by atoms with Crippen molar-refractivity contribution in [2.75, 3.05) is 0 Å². The molecule has 1 heterocycles. The van der Waals surface area contributed by atoms with Gasteiger partial charge < -0.3 is 9.64 Å². The van der Waals surface area contributed by atoms with E-state index < -0.39 is 17.1 Å². The zero-order valence-corrected chi connectivity index (χ0v) is 16.7. The monoisotopic (exact) mass is 377 g/mol. The number of benzene rings is 2. The van der Waals surface area contributed by atoms with E-state index in [0.717, 1.165) is 11.1 Å². The fraction of sp³-hybridized carbons (Fsp3) is 0.333. The molecule has 4 nitrogen and oxygen atoms in total. The van der Waals surface area contributed by atoms with E-state index in [0.29, 0.717) is 12.8 Å². The van der Waals surface area contributed by atoms with Crippen molar-refractivity contribution in [3.05, 3.63) is 84.4 Å². The Bertz CT molecular complexity index is 864. The third kappa shape index (κ3) is 3.47. The lowest BCUT2D eigenvalue weighted by Crippen LogP contribution is -2.68. The Hall–Kier alpha value is -2.88. The summed E-state index contributed by atoms with van der Waals surface area (Å²) in [6.45, 7) is 9.21. The molecule has 1 fully saturated rings. The van der Waals surface area contributed by atoms with Crippen LogP contribution >= 0.6 is 0 Å². The van der Waals surface area contributed by atoms with Gasteiger partial charge in [-0.15, -0.1) is 6.58 Å². The van der Waals surface area contributed by atoms with Gasteiger partial charge in [-0.2, -0.15) is 0 Å². The summed E-state index contributed by atoms with van der Waals surface area (Å²) >= 11 is 0. The Kier molecular flexibility index (Phi) is 5.41. The molecule has 1 aliphatic rings. The Morgan fingerprint density at radius 2 is 1.61 bits per heavy atom. The van der Waals surface area contributed by atoms with Gasteiger partial charge in [0, 0.05) is 6.42 Å². The minimum atomic E-state index is -1.25. The van der Waals surface area contributed by atoms with Crippen molar-refractivity contribution in [3.8, 4) is 0 Å². The van der Waals surface area contributed by atoms with Gasteiger partial charge in [0.05, 0.1) is 6.04 Å². The number of ether oxygens (including phenoxy) is 1. The number of cyclic esters (lactones) is 1. The Balaban J connectivity index is 2.04. The van der Waals surface area contributed by atoms with E-state index in [9.17, 15) is 9.59 Å². The van der Waals surface area contributed by atoms with Crippen LogP contribution in [0.1, 0.15) is 44.4 Å². The molecular weight excluding hydrogens is 350 g/mol. The van der Waals surface area contributed by atoms with Crippen molar-refractivity contribution >= 4 is 11.9 Å². The van der Waals surface area contributed by atoms with Crippen molar-refractivity contribution in [2.45, 2.75) is 50.8 Å². The van der Waals surface area contributed by atoms with Gasteiger partial charge in [0.25, 0.3) is 5.91 Å². The molecule has 0 N–H and O–H groups in total. The van der Waals surface area contributed by atoms with Gasteiger partial charge in [-0.1, -0.05) is 66.7 Å². The van der Waals surface area contributed by atoms with Crippen LogP contribution in [0.25, 0.3) is 0 Å². The number of amides is 1. The molecule has 1 aliphatic heterocycles. The van der Waals surface area contributed by atoms with Crippen molar-refractivity contribution in [1.82, 2.24) is 4.90 Å². The lowest BCUT2D eigenvalue weighted by molar-refractivity contribution is -0.203. The Morgan fingerprint density at radius 3 is 2.18 bits per heavy atom. The number of hydrogen-bond donors (Lipinski definition) is 0. The second-order valence-corrected chi connectivity index (χ2v) is 7.81. The van der Waals surface area contributed by atoms with Crippen LogP contribution in [0, 0.1) is 0 Å². The molecule has 146 valence electrons. The molecule has 0 unspecified atom stereocenters. The number of hydrogen-bond acceptors (Lipinski definition) is 3. The van der Waals surface area contributed by atoms with Gasteiger partial charge in [0.2, 0.25) is 0 Å². The quantitative estimate of drug-likeness (QED) is 0.551. The average Bonchev–Trinajstić information content (AvgIpc) is 2.68. The Labute approximate surface area is 166 Å². The Morgan fingerprint density at radius 1 is 1.04 bits per heavy atom.